The van der Waals surface area contributed by atoms with Crippen LogP contribution in [0, 0.1) is 11.7 Å². The Morgan fingerprint density at radius 1 is 1.27 bits per heavy atom. The van der Waals surface area contributed by atoms with Gasteiger partial charge in [0.15, 0.2) is 0 Å². The van der Waals surface area contributed by atoms with E-state index in [9.17, 15) is 18.8 Å². The molecule has 0 saturated heterocycles. The predicted octanol–water partition coefficient (Wildman–Crippen LogP) is 2.65. The summed E-state index contributed by atoms with van der Waals surface area (Å²) in [7, 11) is 0. The average Bonchev–Trinajstić information content (AvgIpc) is 2.50. The van der Waals surface area contributed by atoms with E-state index < -0.39 is 11.9 Å². The van der Waals surface area contributed by atoms with Crippen LogP contribution in [0.15, 0.2) is 35.9 Å². The molecular weight excluding hydrogens is 287 g/mol. The normalized spacial score (nSPS) is 12.5. The summed E-state index contributed by atoms with van der Waals surface area (Å²) in [4.78, 5) is 33.3. The van der Waals surface area contributed by atoms with Crippen molar-refractivity contribution in [3.8, 4) is 0 Å². The molecule has 0 N–H and O–H groups in total. The van der Waals surface area contributed by atoms with Crippen molar-refractivity contribution in [2.75, 3.05) is 6.61 Å². The van der Waals surface area contributed by atoms with Crippen molar-refractivity contribution in [2.24, 2.45) is 5.92 Å². The summed E-state index contributed by atoms with van der Waals surface area (Å²) in [6.45, 7) is 1.85. The van der Waals surface area contributed by atoms with Gasteiger partial charge in [-0.1, -0.05) is 18.2 Å². The molecule has 0 aliphatic rings. The molecule has 0 aromatic heterocycles. The van der Waals surface area contributed by atoms with Gasteiger partial charge in [-0.25, -0.2) is 4.39 Å². The lowest BCUT2D eigenvalue weighted by atomic mass is 9.93. The highest BCUT2D eigenvalue weighted by Crippen LogP contribution is 2.17. The Bertz CT molecular complexity index is 534. The molecule has 0 saturated carbocycles. The zero-order valence-corrected chi connectivity index (χ0v) is 12.5. The smallest absolute Gasteiger partial charge is 0.306 e. The Morgan fingerprint density at radius 2 is 1.95 bits per heavy atom. The van der Waals surface area contributed by atoms with E-state index in [1.54, 1.807) is 25.1 Å². The van der Waals surface area contributed by atoms with Crippen molar-refractivity contribution in [1.82, 2.24) is 0 Å². The zero-order chi connectivity index (χ0) is 16.4. The highest BCUT2D eigenvalue weighted by Gasteiger charge is 2.18. The largest absolute Gasteiger partial charge is 0.465 e. The first kappa shape index (κ1) is 17.8. The Labute approximate surface area is 129 Å². The maximum Gasteiger partial charge on any atom is 0.306 e. The average molecular weight is 306 g/mol. The molecule has 5 heteroatoms. The number of benzene rings is 1. The van der Waals surface area contributed by atoms with Crippen LogP contribution in [-0.2, 0) is 25.5 Å². The lowest BCUT2D eigenvalue weighted by Gasteiger charge is -2.13. The van der Waals surface area contributed by atoms with Gasteiger partial charge in [0, 0.05) is 18.8 Å². The zero-order valence-electron chi connectivity index (χ0n) is 12.5. The standard InChI is InChI=1S/C17H19FO4/c1-2-14(12-20)15(7-9-19)11-17(21)22-10-8-13-3-5-16(18)6-4-13/h2-6,9,12,15H,7-8,10-11H2,1H3/t15-/m0/s1. The summed E-state index contributed by atoms with van der Waals surface area (Å²) >= 11 is 0. The highest BCUT2D eigenvalue weighted by molar-refractivity contribution is 5.78. The van der Waals surface area contributed by atoms with Crippen molar-refractivity contribution in [3.05, 3.63) is 47.3 Å². The van der Waals surface area contributed by atoms with Gasteiger partial charge in [0.2, 0.25) is 0 Å². The number of rotatable bonds is 9. The van der Waals surface area contributed by atoms with Crippen LogP contribution in [0.1, 0.15) is 25.3 Å². The summed E-state index contributed by atoms with van der Waals surface area (Å²) in [5.41, 5.74) is 1.28. The second kappa shape index (κ2) is 9.60. The number of halogens is 1. The fourth-order valence-corrected chi connectivity index (χ4v) is 2.05. The quantitative estimate of drug-likeness (QED) is 0.400. The van der Waals surface area contributed by atoms with Crippen LogP contribution in [-0.4, -0.2) is 25.1 Å². The van der Waals surface area contributed by atoms with Crippen LogP contribution in [0.2, 0.25) is 0 Å². The highest BCUT2D eigenvalue weighted by atomic mass is 19.1. The molecule has 1 rings (SSSR count). The van der Waals surface area contributed by atoms with Crippen molar-refractivity contribution in [3.63, 3.8) is 0 Å². The molecule has 118 valence electrons. The SMILES string of the molecule is CC=C(C=O)[C@@H](CC=O)CC(=O)OCCc1ccc(F)cc1. The molecule has 0 aliphatic heterocycles. The van der Waals surface area contributed by atoms with Gasteiger partial charge in [-0.2, -0.15) is 0 Å². The number of allylic oxidation sites excluding steroid dienone is 2. The van der Waals surface area contributed by atoms with Gasteiger partial charge in [-0.3, -0.25) is 9.59 Å². The molecule has 0 unspecified atom stereocenters. The molecule has 4 nitrogen and oxygen atoms in total. The van der Waals surface area contributed by atoms with Crippen molar-refractivity contribution in [1.29, 1.82) is 0 Å². The molecule has 0 aliphatic carbocycles. The Hall–Kier alpha value is -2.30. The van der Waals surface area contributed by atoms with E-state index in [4.69, 9.17) is 4.74 Å². The first-order valence-electron chi connectivity index (χ1n) is 7.05. The third-order valence-electron chi connectivity index (χ3n) is 3.30. The molecule has 0 radical (unpaired) electrons. The van der Waals surface area contributed by atoms with Crippen LogP contribution in [0.3, 0.4) is 0 Å². The van der Waals surface area contributed by atoms with Gasteiger partial charge in [0.1, 0.15) is 18.4 Å². The molecule has 1 aromatic carbocycles. The summed E-state index contributed by atoms with van der Waals surface area (Å²) in [5.74, 6) is -1.22. The maximum atomic E-state index is 12.7. The van der Waals surface area contributed by atoms with Gasteiger partial charge in [-0.05, 0) is 30.2 Å². The van der Waals surface area contributed by atoms with Crippen LogP contribution >= 0.6 is 0 Å². The van der Waals surface area contributed by atoms with E-state index in [0.29, 0.717) is 24.6 Å². The van der Waals surface area contributed by atoms with E-state index in [2.05, 4.69) is 0 Å². The third-order valence-corrected chi connectivity index (χ3v) is 3.30. The molecular formula is C17H19FO4. The second-order valence-corrected chi connectivity index (χ2v) is 4.81. The maximum absolute atomic E-state index is 12.7. The summed E-state index contributed by atoms with van der Waals surface area (Å²) in [6, 6.07) is 5.95. The Balaban J connectivity index is 2.45. The summed E-state index contributed by atoms with van der Waals surface area (Å²) in [5, 5.41) is 0. The van der Waals surface area contributed by atoms with E-state index in [1.807, 2.05) is 0 Å². The second-order valence-electron chi connectivity index (χ2n) is 4.81. The first-order chi connectivity index (χ1) is 10.6. The van der Waals surface area contributed by atoms with Crippen LogP contribution in [0.4, 0.5) is 4.39 Å². The van der Waals surface area contributed by atoms with E-state index in [1.165, 1.54) is 12.1 Å². The van der Waals surface area contributed by atoms with Crippen LogP contribution in [0.5, 0.6) is 0 Å². The Kier molecular flexibility index (Phi) is 7.75. The van der Waals surface area contributed by atoms with E-state index in [0.717, 1.165) is 5.56 Å². The van der Waals surface area contributed by atoms with E-state index >= 15 is 0 Å². The minimum absolute atomic E-state index is 0.0133. The number of ether oxygens (including phenoxy) is 1. The van der Waals surface area contributed by atoms with E-state index in [-0.39, 0.29) is 25.3 Å². The van der Waals surface area contributed by atoms with Gasteiger partial charge in [-0.15, -0.1) is 0 Å². The van der Waals surface area contributed by atoms with Gasteiger partial charge in [0.05, 0.1) is 13.0 Å². The fraction of sp³-hybridized carbons (Fsp3) is 0.353. The molecule has 0 bridgehead atoms. The first-order valence-corrected chi connectivity index (χ1v) is 7.05. The number of aldehydes is 2. The molecule has 22 heavy (non-hydrogen) atoms. The fourth-order valence-electron chi connectivity index (χ4n) is 2.05. The minimum Gasteiger partial charge on any atom is -0.465 e. The van der Waals surface area contributed by atoms with Crippen molar-refractivity contribution in [2.45, 2.75) is 26.2 Å². The molecule has 0 fully saturated rings. The molecule has 1 aromatic rings. The van der Waals surface area contributed by atoms with Gasteiger partial charge in [0.25, 0.3) is 0 Å². The molecule has 0 heterocycles. The number of carbonyl (C=O) groups excluding carboxylic acids is 3. The molecule has 1 atom stereocenters. The lowest BCUT2D eigenvalue weighted by Crippen LogP contribution is -2.16. The molecule has 0 spiro atoms. The summed E-state index contributed by atoms with van der Waals surface area (Å²) in [6.07, 6.45) is 3.50. The van der Waals surface area contributed by atoms with Crippen LogP contribution < -0.4 is 0 Å². The van der Waals surface area contributed by atoms with Crippen molar-refractivity contribution < 1.29 is 23.5 Å². The van der Waals surface area contributed by atoms with Crippen LogP contribution in [0.25, 0.3) is 0 Å². The molecule has 0 amide bonds. The third kappa shape index (κ3) is 5.99. The topological polar surface area (TPSA) is 60.4 Å². The lowest BCUT2D eigenvalue weighted by molar-refractivity contribution is -0.144. The number of esters is 1. The Morgan fingerprint density at radius 3 is 2.50 bits per heavy atom. The number of carbonyl (C=O) groups is 3. The van der Waals surface area contributed by atoms with Gasteiger partial charge >= 0.3 is 5.97 Å². The predicted molar refractivity (Wildman–Crippen MR) is 79.7 cm³/mol. The number of hydrogen-bond donors (Lipinski definition) is 0. The minimum atomic E-state index is -0.463. The van der Waals surface area contributed by atoms with Gasteiger partial charge < -0.3 is 9.53 Å². The number of hydrogen-bond acceptors (Lipinski definition) is 4. The summed E-state index contributed by atoms with van der Waals surface area (Å²) < 4.78 is 17.8. The monoisotopic (exact) mass is 306 g/mol. The van der Waals surface area contributed by atoms with Crippen molar-refractivity contribution >= 4 is 18.5 Å².